The molecule has 24 heavy (non-hydrogen) atoms. The van der Waals surface area contributed by atoms with Gasteiger partial charge in [0.15, 0.2) is 0 Å². The van der Waals surface area contributed by atoms with Crippen molar-refractivity contribution < 1.29 is 9.53 Å². The molecule has 2 aromatic carbocycles. The summed E-state index contributed by atoms with van der Waals surface area (Å²) in [5, 5.41) is 3.52. The minimum Gasteiger partial charge on any atom is -0.493 e. The van der Waals surface area contributed by atoms with Crippen molar-refractivity contribution in [2.75, 3.05) is 18.5 Å². The lowest BCUT2D eigenvalue weighted by molar-refractivity contribution is 0.0681. The summed E-state index contributed by atoms with van der Waals surface area (Å²) in [6, 6.07) is 15.7. The molecule has 4 nitrogen and oxygen atoms in total. The second-order valence-corrected chi connectivity index (χ2v) is 5.98. The van der Waals surface area contributed by atoms with Gasteiger partial charge < -0.3 is 15.0 Å². The topological polar surface area (TPSA) is 41.6 Å². The fourth-order valence-corrected chi connectivity index (χ4v) is 3.06. The summed E-state index contributed by atoms with van der Waals surface area (Å²) in [4.78, 5) is 14.9. The Labute approximate surface area is 143 Å². The highest BCUT2D eigenvalue weighted by atomic mass is 16.5. The second-order valence-electron chi connectivity index (χ2n) is 5.98. The lowest BCUT2D eigenvalue weighted by atomic mass is 10.0. The van der Waals surface area contributed by atoms with Crippen molar-refractivity contribution in [3.63, 3.8) is 0 Å². The fourth-order valence-electron chi connectivity index (χ4n) is 3.06. The molecular formula is C20H24N2O2. The van der Waals surface area contributed by atoms with Gasteiger partial charge in [-0.1, -0.05) is 44.2 Å². The Hall–Kier alpha value is -2.49. The van der Waals surface area contributed by atoms with Crippen molar-refractivity contribution in [2.45, 2.75) is 32.9 Å². The highest BCUT2D eigenvalue weighted by Gasteiger charge is 2.33. The van der Waals surface area contributed by atoms with Crippen LogP contribution in [0.5, 0.6) is 5.75 Å². The summed E-state index contributed by atoms with van der Waals surface area (Å²) in [5.41, 5.74) is 2.61. The van der Waals surface area contributed by atoms with Crippen molar-refractivity contribution in [1.82, 2.24) is 4.90 Å². The smallest absolute Gasteiger partial charge is 0.257 e. The van der Waals surface area contributed by atoms with Gasteiger partial charge in [0.25, 0.3) is 5.91 Å². The number of rotatable bonds is 6. The van der Waals surface area contributed by atoms with Gasteiger partial charge in [0.2, 0.25) is 0 Å². The minimum absolute atomic E-state index is 0.0708. The molecule has 1 aliphatic rings. The molecule has 126 valence electrons. The maximum absolute atomic E-state index is 13.0. The van der Waals surface area contributed by atoms with Crippen LogP contribution in [0.4, 0.5) is 5.69 Å². The van der Waals surface area contributed by atoms with Crippen LogP contribution in [0.25, 0.3) is 0 Å². The summed E-state index contributed by atoms with van der Waals surface area (Å²) in [5.74, 6) is 0.909. The van der Waals surface area contributed by atoms with E-state index in [1.807, 2.05) is 53.4 Å². The first-order chi connectivity index (χ1) is 11.8. The zero-order chi connectivity index (χ0) is 16.9. The molecule has 0 saturated heterocycles. The maximum atomic E-state index is 13.0. The van der Waals surface area contributed by atoms with Crippen LogP contribution in [0.3, 0.4) is 0 Å². The monoisotopic (exact) mass is 324 g/mol. The van der Waals surface area contributed by atoms with E-state index in [0.717, 1.165) is 35.4 Å². The van der Waals surface area contributed by atoms with E-state index in [1.165, 1.54) is 0 Å². The summed E-state index contributed by atoms with van der Waals surface area (Å²) in [6.07, 6.45) is 1.65. The van der Waals surface area contributed by atoms with Gasteiger partial charge in [0.05, 0.1) is 12.2 Å². The summed E-state index contributed by atoms with van der Waals surface area (Å²) in [7, 11) is 0. The lowest BCUT2D eigenvalue weighted by Gasteiger charge is -2.38. The first-order valence-electron chi connectivity index (χ1n) is 8.64. The van der Waals surface area contributed by atoms with Crippen molar-refractivity contribution in [3.8, 4) is 5.75 Å². The predicted octanol–water partition coefficient (Wildman–Crippen LogP) is 4.45. The third kappa shape index (κ3) is 3.09. The number of nitrogens with zero attached hydrogens (tertiary/aromatic N) is 1. The molecule has 0 spiro atoms. The van der Waals surface area contributed by atoms with E-state index < -0.39 is 0 Å². The second kappa shape index (κ2) is 7.39. The predicted molar refractivity (Wildman–Crippen MR) is 96.4 cm³/mol. The number of fused-ring (bicyclic) bond motifs is 1. The molecule has 0 radical (unpaired) electrons. The molecule has 0 aliphatic carbocycles. The average Bonchev–Trinajstić information content (AvgIpc) is 2.62. The van der Waals surface area contributed by atoms with E-state index in [1.54, 1.807) is 0 Å². The first kappa shape index (κ1) is 16.4. The molecule has 1 heterocycles. The number of hydrogen-bond acceptors (Lipinski definition) is 3. The van der Waals surface area contributed by atoms with Gasteiger partial charge >= 0.3 is 0 Å². The molecule has 2 aromatic rings. The molecule has 0 bridgehead atoms. The number of carbonyl (C=O) groups excluding carboxylic acids is 1. The minimum atomic E-state index is -0.208. The summed E-state index contributed by atoms with van der Waals surface area (Å²) in [6.45, 7) is 5.55. The number of ether oxygens (including phenoxy) is 1. The Morgan fingerprint density at radius 1 is 1.04 bits per heavy atom. The number of amides is 1. The first-order valence-corrected chi connectivity index (χ1v) is 8.64. The molecule has 0 fully saturated rings. The molecule has 0 saturated carbocycles. The van der Waals surface area contributed by atoms with Crippen molar-refractivity contribution in [1.29, 1.82) is 0 Å². The average molecular weight is 324 g/mol. The van der Waals surface area contributed by atoms with Crippen LogP contribution < -0.4 is 10.1 Å². The molecule has 1 unspecified atom stereocenters. The largest absolute Gasteiger partial charge is 0.493 e. The van der Waals surface area contributed by atoms with Crippen LogP contribution in [0, 0.1) is 0 Å². The Balaban J connectivity index is 2.01. The van der Waals surface area contributed by atoms with Gasteiger partial charge in [0.1, 0.15) is 11.9 Å². The van der Waals surface area contributed by atoms with E-state index in [2.05, 4.69) is 19.2 Å². The van der Waals surface area contributed by atoms with Crippen LogP contribution in [0.15, 0.2) is 48.5 Å². The molecule has 3 rings (SSSR count). The number of hydrogen-bond donors (Lipinski definition) is 1. The number of nitrogens with one attached hydrogen (secondary N) is 1. The van der Waals surface area contributed by atoms with Crippen molar-refractivity contribution >= 4 is 11.6 Å². The van der Waals surface area contributed by atoms with Gasteiger partial charge in [0, 0.05) is 17.8 Å². The molecule has 0 aromatic heterocycles. The van der Waals surface area contributed by atoms with Gasteiger partial charge in [-0.25, -0.2) is 0 Å². The molecule has 1 atom stereocenters. The number of carbonyl (C=O) groups is 1. The van der Waals surface area contributed by atoms with Crippen molar-refractivity contribution in [3.05, 3.63) is 59.7 Å². The standard InChI is InChI=1S/C20H24N2O2/c1-3-13-22-19(16-10-6-8-12-18(16)24-14-4-2)21-17-11-7-5-9-15(17)20(22)23/h5-12,19,21H,3-4,13-14H2,1-2H3. The molecule has 1 aliphatic heterocycles. The van der Waals surface area contributed by atoms with E-state index in [0.29, 0.717) is 13.2 Å². The van der Waals surface area contributed by atoms with Crippen LogP contribution in [0.2, 0.25) is 0 Å². The Morgan fingerprint density at radius 3 is 2.58 bits per heavy atom. The molecule has 1 amide bonds. The zero-order valence-corrected chi connectivity index (χ0v) is 14.3. The van der Waals surface area contributed by atoms with Crippen LogP contribution in [-0.2, 0) is 0 Å². The third-order valence-corrected chi connectivity index (χ3v) is 4.16. The maximum Gasteiger partial charge on any atom is 0.257 e. The number of para-hydroxylation sites is 2. The van der Waals surface area contributed by atoms with E-state index in [9.17, 15) is 4.79 Å². The Bertz CT molecular complexity index is 714. The van der Waals surface area contributed by atoms with Gasteiger partial charge in [-0.3, -0.25) is 4.79 Å². The molecule has 1 N–H and O–H groups in total. The quantitative estimate of drug-likeness (QED) is 0.853. The Kier molecular flexibility index (Phi) is 5.04. The molecule has 4 heteroatoms. The fraction of sp³-hybridized carbons (Fsp3) is 0.350. The van der Waals surface area contributed by atoms with Gasteiger partial charge in [-0.2, -0.15) is 0 Å². The van der Waals surface area contributed by atoms with E-state index in [4.69, 9.17) is 4.74 Å². The Morgan fingerprint density at radius 2 is 1.79 bits per heavy atom. The van der Waals surface area contributed by atoms with E-state index in [-0.39, 0.29) is 12.1 Å². The van der Waals surface area contributed by atoms with Crippen LogP contribution in [-0.4, -0.2) is 24.0 Å². The summed E-state index contributed by atoms with van der Waals surface area (Å²) < 4.78 is 5.91. The van der Waals surface area contributed by atoms with Gasteiger partial charge in [-0.15, -0.1) is 0 Å². The van der Waals surface area contributed by atoms with Crippen LogP contribution in [0.1, 0.15) is 48.8 Å². The van der Waals surface area contributed by atoms with Crippen molar-refractivity contribution in [2.24, 2.45) is 0 Å². The third-order valence-electron chi connectivity index (χ3n) is 4.16. The number of anilines is 1. The van der Waals surface area contributed by atoms with E-state index >= 15 is 0 Å². The SMILES string of the molecule is CCCOc1ccccc1C1Nc2ccccc2C(=O)N1CCC. The highest BCUT2D eigenvalue weighted by Crippen LogP contribution is 2.36. The van der Waals surface area contributed by atoms with Gasteiger partial charge in [-0.05, 0) is 31.0 Å². The zero-order valence-electron chi connectivity index (χ0n) is 14.3. The lowest BCUT2D eigenvalue weighted by Crippen LogP contribution is -2.43. The van der Waals surface area contributed by atoms with Crippen LogP contribution >= 0.6 is 0 Å². The molecular weight excluding hydrogens is 300 g/mol. The summed E-state index contributed by atoms with van der Waals surface area (Å²) >= 11 is 0. The number of benzene rings is 2. The normalized spacial score (nSPS) is 16.5. The highest BCUT2D eigenvalue weighted by molar-refractivity contribution is 6.01.